The van der Waals surface area contributed by atoms with E-state index in [-0.39, 0.29) is 47.9 Å². The van der Waals surface area contributed by atoms with E-state index in [9.17, 15) is 14.4 Å². The zero-order chi connectivity index (χ0) is 21.5. The summed E-state index contributed by atoms with van der Waals surface area (Å²) in [5.74, 6) is 0.722. The maximum Gasteiger partial charge on any atom is 0.238 e. The molecule has 31 heavy (non-hydrogen) atoms. The summed E-state index contributed by atoms with van der Waals surface area (Å²) in [5.41, 5.74) is 1.09. The van der Waals surface area contributed by atoms with Crippen molar-refractivity contribution in [1.82, 2.24) is 0 Å². The molecule has 0 spiro atoms. The van der Waals surface area contributed by atoms with Crippen LogP contribution in [0.5, 0.6) is 11.5 Å². The monoisotopic (exact) mass is 417 g/mol. The lowest BCUT2D eigenvalue weighted by Crippen LogP contribution is -2.38. The lowest BCUT2D eigenvalue weighted by molar-refractivity contribution is -0.124. The van der Waals surface area contributed by atoms with E-state index in [2.05, 4.69) is 12.2 Å². The van der Waals surface area contributed by atoms with Crippen molar-refractivity contribution in [3.63, 3.8) is 0 Å². The number of imide groups is 1. The van der Waals surface area contributed by atoms with E-state index in [1.165, 1.54) is 4.90 Å². The van der Waals surface area contributed by atoms with Crippen LogP contribution in [0.3, 0.4) is 0 Å². The minimum atomic E-state index is -0.228. The molecule has 6 nitrogen and oxygen atoms in total. The zero-order valence-electron chi connectivity index (χ0n) is 17.2. The summed E-state index contributed by atoms with van der Waals surface area (Å²) >= 11 is 0. The first-order valence-corrected chi connectivity index (χ1v) is 10.5. The van der Waals surface area contributed by atoms with Gasteiger partial charge in [-0.1, -0.05) is 12.2 Å². The molecule has 2 amide bonds. The van der Waals surface area contributed by atoms with E-state index in [0.717, 1.165) is 12.8 Å². The van der Waals surface area contributed by atoms with Crippen LogP contribution < -0.4 is 14.4 Å². The average molecular weight is 417 g/mol. The van der Waals surface area contributed by atoms with E-state index < -0.39 is 0 Å². The first kappa shape index (κ1) is 19.5. The van der Waals surface area contributed by atoms with Crippen molar-refractivity contribution < 1.29 is 23.9 Å². The van der Waals surface area contributed by atoms with Gasteiger partial charge in [0, 0.05) is 5.56 Å². The Hall–Kier alpha value is -3.41. The Morgan fingerprint density at radius 2 is 1.42 bits per heavy atom. The molecule has 2 aromatic carbocycles. The molecule has 0 radical (unpaired) electrons. The second-order valence-electron chi connectivity index (χ2n) is 8.29. The van der Waals surface area contributed by atoms with Crippen LogP contribution in [0, 0.1) is 23.7 Å². The molecular formula is C25H23NO5. The van der Waals surface area contributed by atoms with Crippen molar-refractivity contribution in [2.24, 2.45) is 23.7 Å². The number of anilines is 1. The van der Waals surface area contributed by atoms with Crippen molar-refractivity contribution >= 4 is 23.3 Å². The predicted octanol–water partition coefficient (Wildman–Crippen LogP) is 3.66. The van der Waals surface area contributed by atoms with Crippen LogP contribution in [0.2, 0.25) is 0 Å². The minimum Gasteiger partial charge on any atom is -0.497 e. The summed E-state index contributed by atoms with van der Waals surface area (Å²) in [6, 6.07) is 13.6. The zero-order valence-corrected chi connectivity index (χ0v) is 17.2. The molecule has 2 fully saturated rings. The highest BCUT2D eigenvalue weighted by molar-refractivity contribution is 6.22. The van der Waals surface area contributed by atoms with Gasteiger partial charge < -0.3 is 9.47 Å². The number of rotatable bonds is 6. The first-order chi connectivity index (χ1) is 15.1. The third kappa shape index (κ3) is 3.32. The average Bonchev–Trinajstić information content (AvgIpc) is 3.11. The van der Waals surface area contributed by atoms with Gasteiger partial charge in [0.15, 0.2) is 12.4 Å². The molecule has 3 aliphatic carbocycles. The van der Waals surface area contributed by atoms with Crippen molar-refractivity contribution in [2.75, 3.05) is 18.6 Å². The summed E-state index contributed by atoms with van der Waals surface area (Å²) in [5, 5.41) is 0. The van der Waals surface area contributed by atoms with Crippen LogP contribution in [0.1, 0.15) is 23.2 Å². The summed E-state index contributed by atoms with van der Waals surface area (Å²) < 4.78 is 10.7. The number of carbonyl (C=O) groups is 3. The molecule has 0 unspecified atom stereocenters. The van der Waals surface area contributed by atoms with E-state index in [1.54, 1.807) is 55.6 Å². The number of ketones is 1. The number of hydrogen-bond acceptors (Lipinski definition) is 5. The smallest absolute Gasteiger partial charge is 0.238 e. The molecule has 6 heteroatoms. The van der Waals surface area contributed by atoms with Crippen molar-refractivity contribution in [3.8, 4) is 11.5 Å². The fourth-order valence-corrected chi connectivity index (χ4v) is 5.03. The van der Waals surface area contributed by atoms with Crippen molar-refractivity contribution in [2.45, 2.75) is 12.8 Å². The number of nitrogens with zero attached hydrogens (tertiary/aromatic N) is 1. The first-order valence-electron chi connectivity index (χ1n) is 10.5. The third-order valence-corrected chi connectivity index (χ3v) is 6.64. The standard InChI is InChI=1S/C25H23NO5/c1-30-19-10-6-15(7-11-19)21(27)14-31-20-12-8-18(9-13-20)26-24(28)22-16-2-3-17(5-4-16)23(22)25(26)29/h2-3,6-13,16-17,22-23H,4-5,14H2,1H3/t16-,17+,22-,23+. The number of methoxy groups -OCH3 is 1. The predicted molar refractivity (Wildman–Crippen MR) is 114 cm³/mol. The molecule has 0 aromatic heterocycles. The fraction of sp³-hybridized carbons (Fsp3) is 0.320. The maximum absolute atomic E-state index is 13.0. The second kappa shape index (κ2) is 7.69. The van der Waals surface area contributed by atoms with Gasteiger partial charge in [-0.15, -0.1) is 0 Å². The minimum absolute atomic E-state index is 0.0996. The van der Waals surface area contributed by atoms with E-state index in [4.69, 9.17) is 9.47 Å². The molecule has 1 saturated heterocycles. The summed E-state index contributed by atoms with van der Waals surface area (Å²) in [6.45, 7) is -0.105. The Kier molecular flexibility index (Phi) is 4.85. The van der Waals surface area contributed by atoms with Gasteiger partial charge in [0.25, 0.3) is 0 Å². The largest absolute Gasteiger partial charge is 0.497 e. The number of Topliss-reactive ketones (excluding diaryl/α,β-unsaturated/α-hetero) is 1. The van der Waals surface area contributed by atoms with E-state index >= 15 is 0 Å². The molecule has 0 N–H and O–H groups in total. The van der Waals surface area contributed by atoms with Gasteiger partial charge in [-0.3, -0.25) is 19.3 Å². The number of carbonyl (C=O) groups excluding carboxylic acids is 3. The molecule has 158 valence electrons. The number of hydrogen-bond donors (Lipinski definition) is 0. The van der Waals surface area contributed by atoms with E-state index in [0.29, 0.717) is 22.7 Å². The Bertz CT molecular complexity index is 1020. The van der Waals surface area contributed by atoms with Crippen LogP contribution in [-0.4, -0.2) is 31.3 Å². The lowest BCUT2D eigenvalue weighted by Gasteiger charge is -2.38. The fourth-order valence-electron chi connectivity index (χ4n) is 5.03. The van der Waals surface area contributed by atoms with Gasteiger partial charge in [0.05, 0.1) is 24.6 Å². The molecule has 6 rings (SSSR count). The van der Waals surface area contributed by atoms with Crippen molar-refractivity contribution in [1.29, 1.82) is 0 Å². The molecule has 2 aromatic rings. The normalized spacial score (nSPS) is 26.2. The van der Waals surface area contributed by atoms with Gasteiger partial charge in [-0.05, 0) is 73.2 Å². The number of amides is 2. The van der Waals surface area contributed by atoms with Crippen LogP contribution in [0.15, 0.2) is 60.7 Å². The molecule has 2 bridgehead atoms. The second-order valence-corrected chi connectivity index (χ2v) is 8.29. The number of benzene rings is 2. The van der Waals surface area contributed by atoms with Crippen LogP contribution in [0.25, 0.3) is 0 Å². The van der Waals surface area contributed by atoms with Crippen LogP contribution >= 0.6 is 0 Å². The lowest BCUT2D eigenvalue weighted by atomic mass is 9.63. The topological polar surface area (TPSA) is 72.9 Å². The molecule has 1 saturated carbocycles. The Labute approximate surface area is 180 Å². The van der Waals surface area contributed by atoms with E-state index in [1.807, 2.05) is 0 Å². The van der Waals surface area contributed by atoms with Gasteiger partial charge in [0.2, 0.25) is 11.8 Å². The highest BCUT2D eigenvalue weighted by Crippen LogP contribution is 2.50. The van der Waals surface area contributed by atoms with Gasteiger partial charge >= 0.3 is 0 Å². The maximum atomic E-state index is 13.0. The Morgan fingerprint density at radius 3 is 1.94 bits per heavy atom. The molecular weight excluding hydrogens is 394 g/mol. The molecule has 4 aliphatic rings. The van der Waals surface area contributed by atoms with Gasteiger partial charge in [0.1, 0.15) is 11.5 Å². The van der Waals surface area contributed by atoms with Gasteiger partial charge in [-0.25, -0.2) is 0 Å². The molecule has 1 heterocycles. The summed E-state index contributed by atoms with van der Waals surface area (Å²) in [6.07, 6.45) is 6.18. The van der Waals surface area contributed by atoms with Crippen LogP contribution in [0.4, 0.5) is 5.69 Å². The summed E-state index contributed by atoms with van der Waals surface area (Å²) in [7, 11) is 1.57. The Morgan fingerprint density at radius 1 is 0.871 bits per heavy atom. The van der Waals surface area contributed by atoms with Crippen LogP contribution in [-0.2, 0) is 9.59 Å². The number of ether oxygens (including phenoxy) is 2. The molecule has 4 atom stereocenters. The van der Waals surface area contributed by atoms with Gasteiger partial charge in [-0.2, -0.15) is 0 Å². The highest BCUT2D eigenvalue weighted by atomic mass is 16.5. The molecule has 1 aliphatic heterocycles. The SMILES string of the molecule is COc1ccc(C(=O)COc2ccc(N3C(=O)[C@@H]4[C@H](C3=O)[C@@H]3C=C[C@H]4CC3)cc2)cc1. The number of allylic oxidation sites excluding steroid dienone is 2. The summed E-state index contributed by atoms with van der Waals surface area (Å²) in [4.78, 5) is 39.7. The highest BCUT2D eigenvalue weighted by Gasteiger charge is 2.56. The Balaban J connectivity index is 1.25. The number of fused-ring (bicyclic) bond motifs is 1. The van der Waals surface area contributed by atoms with Crippen molar-refractivity contribution in [3.05, 3.63) is 66.2 Å². The quantitative estimate of drug-likeness (QED) is 0.407. The third-order valence-electron chi connectivity index (χ3n) is 6.64.